The standard InChI is InChI=1S/C21H18FN3OS/c22-18-11-5-6-12-19(18)24-21(27)25-23-14-17-10-4-7-13-20(17)26-15-16-8-2-1-3-9-16/h1-14H,15H2,(H2,24,25,27)/b23-14-. The smallest absolute Gasteiger partial charge is 0.191 e. The van der Waals surface area contributed by atoms with Crippen LogP contribution in [0.4, 0.5) is 10.1 Å². The Bertz CT molecular complexity index is 931. The minimum absolute atomic E-state index is 0.194. The maximum atomic E-state index is 13.6. The molecular formula is C21H18FN3OS. The first-order valence-corrected chi connectivity index (χ1v) is 8.73. The van der Waals surface area contributed by atoms with Gasteiger partial charge in [0.2, 0.25) is 0 Å². The van der Waals surface area contributed by atoms with Gasteiger partial charge >= 0.3 is 0 Å². The summed E-state index contributed by atoms with van der Waals surface area (Å²) in [5.74, 6) is 0.324. The third-order valence-corrected chi connectivity index (χ3v) is 3.84. The van der Waals surface area contributed by atoms with Crippen molar-refractivity contribution >= 4 is 29.2 Å². The first-order chi connectivity index (χ1) is 13.2. The predicted molar refractivity (Wildman–Crippen MR) is 111 cm³/mol. The van der Waals surface area contributed by atoms with E-state index in [0.717, 1.165) is 11.1 Å². The molecule has 3 aromatic rings. The van der Waals surface area contributed by atoms with E-state index < -0.39 is 0 Å². The Morgan fingerprint density at radius 3 is 2.48 bits per heavy atom. The fourth-order valence-electron chi connectivity index (χ4n) is 2.33. The number of thiocarbonyl (C=S) groups is 1. The molecule has 2 N–H and O–H groups in total. The van der Waals surface area contributed by atoms with Crippen molar-refractivity contribution in [2.45, 2.75) is 6.61 Å². The van der Waals surface area contributed by atoms with Crippen LogP contribution in [-0.2, 0) is 6.61 Å². The van der Waals surface area contributed by atoms with Crippen LogP contribution in [0.5, 0.6) is 5.75 Å². The number of anilines is 1. The van der Waals surface area contributed by atoms with E-state index in [9.17, 15) is 4.39 Å². The Kier molecular flexibility index (Phi) is 6.49. The van der Waals surface area contributed by atoms with Crippen LogP contribution in [0.3, 0.4) is 0 Å². The van der Waals surface area contributed by atoms with Gasteiger partial charge in [0.1, 0.15) is 18.2 Å². The van der Waals surface area contributed by atoms with Crippen LogP contribution in [0, 0.1) is 5.82 Å². The second-order valence-corrected chi connectivity index (χ2v) is 6.02. The van der Waals surface area contributed by atoms with Crippen LogP contribution in [0.15, 0.2) is 84.0 Å². The first kappa shape index (κ1) is 18.5. The largest absolute Gasteiger partial charge is 0.488 e. The molecule has 0 aromatic heterocycles. The van der Waals surface area contributed by atoms with E-state index in [4.69, 9.17) is 17.0 Å². The number of rotatable bonds is 6. The Morgan fingerprint density at radius 2 is 1.67 bits per heavy atom. The quantitative estimate of drug-likeness (QED) is 0.369. The highest BCUT2D eigenvalue weighted by Gasteiger charge is 2.03. The van der Waals surface area contributed by atoms with Crippen molar-refractivity contribution in [3.63, 3.8) is 0 Å². The van der Waals surface area contributed by atoms with Gasteiger partial charge in [-0.05, 0) is 42.0 Å². The van der Waals surface area contributed by atoms with Gasteiger partial charge in [0, 0.05) is 5.56 Å². The summed E-state index contributed by atoms with van der Waals surface area (Å²) in [6.45, 7) is 0.465. The molecule has 6 heteroatoms. The molecule has 0 saturated carbocycles. The molecule has 0 aliphatic heterocycles. The molecule has 3 aromatic carbocycles. The van der Waals surface area contributed by atoms with E-state index in [2.05, 4.69) is 15.8 Å². The fraction of sp³-hybridized carbons (Fsp3) is 0.0476. The van der Waals surface area contributed by atoms with Crippen molar-refractivity contribution < 1.29 is 9.13 Å². The molecule has 0 radical (unpaired) electrons. The van der Waals surface area contributed by atoms with Crippen molar-refractivity contribution in [2.24, 2.45) is 5.10 Å². The minimum atomic E-state index is -0.384. The first-order valence-electron chi connectivity index (χ1n) is 8.33. The van der Waals surface area contributed by atoms with Gasteiger partial charge in [0.15, 0.2) is 5.11 Å². The second kappa shape index (κ2) is 9.45. The summed E-state index contributed by atoms with van der Waals surface area (Å²) in [4.78, 5) is 0. The van der Waals surface area contributed by atoms with E-state index in [0.29, 0.717) is 12.4 Å². The van der Waals surface area contributed by atoms with Crippen LogP contribution in [0.2, 0.25) is 0 Å². The Labute approximate surface area is 162 Å². The number of hydrazone groups is 1. The van der Waals surface area contributed by atoms with E-state index in [1.165, 1.54) is 6.07 Å². The van der Waals surface area contributed by atoms with E-state index in [1.807, 2.05) is 54.6 Å². The molecule has 0 atom stereocenters. The summed E-state index contributed by atoms with van der Waals surface area (Å²) in [7, 11) is 0. The monoisotopic (exact) mass is 379 g/mol. The molecule has 0 aliphatic carbocycles. The van der Waals surface area contributed by atoms with Crippen molar-refractivity contribution in [3.8, 4) is 5.75 Å². The van der Waals surface area contributed by atoms with E-state index >= 15 is 0 Å². The molecule has 0 spiro atoms. The highest BCUT2D eigenvalue weighted by Crippen LogP contribution is 2.17. The zero-order valence-corrected chi connectivity index (χ0v) is 15.2. The fourth-order valence-corrected chi connectivity index (χ4v) is 2.49. The second-order valence-electron chi connectivity index (χ2n) is 5.62. The van der Waals surface area contributed by atoms with Crippen LogP contribution >= 0.6 is 12.2 Å². The summed E-state index contributed by atoms with van der Waals surface area (Å²) < 4.78 is 19.5. The minimum Gasteiger partial charge on any atom is -0.488 e. The zero-order valence-electron chi connectivity index (χ0n) is 14.4. The van der Waals surface area contributed by atoms with Crippen LogP contribution in [0.1, 0.15) is 11.1 Å². The molecule has 0 amide bonds. The highest BCUT2D eigenvalue weighted by atomic mass is 32.1. The average molecular weight is 379 g/mol. The molecule has 27 heavy (non-hydrogen) atoms. The van der Waals surface area contributed by atoms with Crippen LogP contribution in [0.25, 0.3) is 0 Å². The molecule has 0 fully saturated rings. The average Bonchev–Trinajstić information content (AvgIpc) is 2.70. The molecule has 0 unspecified atom stereocenters. The van der Waals surface area contributed by atoms with Gasteiger partial charge in [0.05, 0.1) is 11.9 Å². The molecule has 0 saturated heterocycles. The van der Waals surface area contributed by atoms with Gasteiger partial charge in [-0.2, -0.15) is 5.10 Å². The Balaban J connectivity index is 1.58. The van der Waals surface area contributed by atoms with Gasteiger partial charge in [-0.3, -0.25) is 5.43 Å². The number of halogens is 1. The van der Waals surface area contributed by atoms with E-state index in [-0.39, 0.29) is 16.6 Å². The van der Waals surface area contributed by atoms with Gasteiger partial charge in [0.25, 0.3) is 0 Å². The van der Waals surface area contributed by atoms with Crippen molar-refractivity contribution in [1.29, 1.82) is 0 Å². The topological polar surface area (TPSA) is 45.7 Å². The SMILES string of the molecule is Fc1ccccc1NC(=S)N/N=C\c1ccccc1OCc1ccccc1. The maximum Gasteiger partial charge on any atom is 0.191 e. The maximum absolute atomic E-state index is 13.6. The van der Waals surface area contributed by atoms with Gasteiger partial charge in [-0.1, -0.05) is 54.6 Å². The third-order valence-electron chi connectivity index (χ3n) is 3.65. The van der Waals surface area contributed by atoms with Crippen molar-refractivity contribution in [1.82, 2.24) is 5.43 Å². The van der Waals surface area contributed by atoms with Gasteiger partial charge in [-0.15, -0.1) is 0 Å². The lowest BCUT2D eigenvalue weighted by atomic mass is 10.2. The molecule has 3 rings (SSSR count). The molecule has 4 nitrogen and oxygen atoms in total. The number of nitrogens with zero attached hydrogens (tertiary/aromatic N) is 1. The molecule has 0 heterocycles. The number of hydrogen-bond acceptors (Lipinski definition) is 3. The summed E-state index contributed by atoms with van der Waals surface area (Å²) in [6, 6.07) is 23.8. The summed E-state index contributed by atoms with van der Waals surface area (Å²) in [5, 5.41) is 7.05. The van der Waals surface area contributed by atoms with Crippen molar-refractivity contribution in [2.75, 3.05) is 5.32 Å². The molecule has 0 bridgehead atoms. The lowest BCUT2D eigenvalue weighted by molar-refractivity contribution is 0.306. The van der Waals surface area contributed by atoms with Crippen molar-refractivity contribution in [3.05, 3.63) is 95.8 Å². The summed E-state index contributed by atoms with van der Waals surface area (Å²) in [5.41, 5.74) is 4.85. The zero-order chi connectivity index (χ0) is 18.9. The number of nitrogens with one attached hydrogen (secondary N) is 2. The van der Waals surface area contributed by atoms with E-state index in [1.54, 1.807) is 24.4 Å². The number of ether oxygens (including phenoxy) is 1. The normalized spacial score (nSPS) is 10.6. The predicted octanol–water partition coefficient (Wildman–Crippen LogP) is 4.73. The lowest BCUT2D eigenvalue weighted by Gasteiger charge is -2.10. The van der Waals surface area contributed by atoms with Gasteiger partial charge in [-0.25, -0.2) is 4.39 Å². The van der Waals surface area contributed by atoms with Crippen LogP contribution < -0.4 is 15.5 Å². The number of hydrogen-bond donors (Lipinski definition) is 2. The molecular weight excluding hydrogens is 361 g/mol. The highest BCUT2D eigenvalue weighted by molar-refractivity contribution is 7.80. The molecule has 0 aliphatic rings. The van der Waals surface area contributed by atoms with Crippen LogP contribution in [-0.4, -0.2) is 11.3 Å². The molecule has 136 valence electrons. The Hall–Kier alpha value is -3.25. The number of para-hydroxylation sites is 2. The summed E-state index contributed by atoms with van der Waals surface area (Å²) in [6.07, 6.45) is 1.61. The van der Waals surface area contributed by atoms with Gasteiger partial charge < -0.3 is 10.1 Å². The lowest BCUT2D eigenvalue weighted by Crippen LogP contribution is -2.24. The Morgan fingerprint density at radius 1 is 0.963 bits per heavy atom. The third kappa shape index (κ3) is 5.62. The number of benzene rings is 3. The summed E-state index contributed by atoms with van der Waals surface area (Å²) >= 11 is 5.13.